The van der Waals surface area contributed by atoms with Crippen LogP contribution in [0.5, 0.6) is 0 Å². The molecule has 2 N–H and O–H groups in total. The average molecular weight is 336 g/mol. The number of aryl methyl sites for hydroxylation is 1. The predicted molar refractivity (Wildman–Crippen MR) is 81.7 cm³/mol. The summed E-state index contributed by atoms with van der Waals surface area (Å²) in [6, 6.07) is 5.03. The Labute approximate surface area is 136 Å². The molecular weight excluding hydrogens is 321 g/mol. The average Bonchev–Trinajstić information content (AvgIpc) is 2.98. The summed E-state index contributed by atoms with van der Waals surface area (Å²) in [5.74, 6) is -0.532. The number of halogens is 3. The van der Waals surface area contributed by atoms with Crippen LogP contribution >= 0.6 is 0 Å². The fourth-order valence-corrected chi connectivity index (χ4v) is 2.75. The monoisotopic (exact) mass is 336 g/mol. The van der Waals surface area contributed by atoms with Gasteiger partial charge in [-0.1, -0.05) is 18.2 Å². The molecule has 1 amide bonds. The van der Waals surface area contributed by atoms with Crippen LogP contribution in [0.4, 0.5) is 13.2 Å². The molecule has 24 heavy (non-hydrogen) atoms. The maximum absolute atomic E-state index is 12.9. The van der Waals surface area contributed by atoms with Gasteiger partial charge in [-0.25, -0.2) is 5.43 Å². The normalized spacial score (nSPS) is 14.6. The smallest absolute Gasteiger partial charge is 0.281 e. The van der Waals surface area contributed by atoms with Crippen molar-refractivity contribution in [3.63, 3.8) is 0 Å². The van der Waals surface area contributed by atoms with Crippen molar-refractivity contribution in [1.82, 2.24) is 15.6 Å². The first-order valence-corrected chi connectivity index (χ1v) is 7.52. The summed E-state index contributed by atoms with van der Waals surface area (Å²) in [5, 5.41) is 10.5. The molecule has 2 aromatic rings. The number of aromatic nitrogens is 2. The van der Waals surface area contributed by atoms with Gasteiger partial charge in [-0.05, 0) is 31.7 Å². The lowest BCUT2D eigenvalue weighted by molar-refractivity contribution is -0.137. The highest BCUT2D eigenvalue weighted by molar-refractivity contribution is 5.94. The van der Waals surface area contributed by atoms with E-state index in [-0.39, 0.29) is 11.3 Å². The lowest BCUT2D eigenvalue weighted by atomic mass is 9.96. The minimum atomic E-state index is -4.48. The Morgan fingerprint density at radius 2 is 2.00 bits per heavy atom. The fraction of sp³-hybridized carbons (Fsp3) is 0.312. The van der Waals surface area contributed by atoms with E-state index in [2.05, 4.69) is 20.7 Å². The molecule has 0 radical (unpaired) electrons. The van der Waals surface area contributed by atoms with Crippen molar-refractivity contribution < 1.29 is 18.0 Å². The topological polar surface area (TPSA) is 70.1 Å². The van der Waals surface area contributed by atoms with Crippen LogP contribution in [0, 0.1) is 0 Å². The molecule has 1 aliphatic rings. The highest BCUT2D eigenvalue weighted by Crippen LogP contribution is 2.31. The molecule has 0 bridgehead atoms. The fourth-order valence-electron chi connectivity index (χ4n) is 2.75. The third kappa shape index (κ3) is 3.32. The van der Waals surface area contributed by atoms with Crippen LogP contribution in [0.2, 0.25) is 0 Å². The molecule has 3 rings (SSSR count). The number of H-pyrrole nitrogens is 1. The minimum Gasteiger partial charge on any atom is -0.281 e. The lowest BCUT2D eigenvalue weighted by Gasteiger charge is -2.10. The Hall–Kier alpha value is -2.64. The summed E-state index contributed by atoms with van der Waals surface area (Å²) in [6.07, 6.45) is 0.137. The van der Waals surface area contributed by atoms with E-state index in [9.17, 15) is 18.0 Å². The molecule has 0 saturated heterocycles. The van der Waals surface area contributed by atoms with Crippen molar-refractivity contribution in [1.29, 1.82) is 0 Å². The molecule has 0 fully saturated rings. The molecule has 0 aliphatic heterocycles. The van der Waals surface area contributed by atoms with Crippen LogP contribution in [-0.2, 0) is 19.0 Å². The molecule has 0 unspecified atom stereocenters. The van der Waals surface area contributed by atoms with Gasteiger partial charge >= 0.3 is 6.18 Å². The predicted octanol–water partition coefficient (Wildman–Crippen LogP) is 3.07. The van der Waals surface area contributed by atoms with E-state index in [1.165, 1.54) is 18.2 Å². The molecule has 8 heteroatoms. The number of amides is 1. The maximum atomic E-state index is 12.9. The Kier molecular flexibility index (Phi) is 4.37. The van der Waals surface area contributed by atoms with Crippen molar-refractivity contribution in [2.75, 3.05) is 0 Å². The number of hydrogen-bond donors (Lipinski definition) is 2. The second-order valence-electron chi connectivity index (χ2n) is 5.52. The number of hydrogen-bond acceptors (Lipinski definition) is 3. The highest BCUT2D eigenvalue weighted by Gasteiger charge is 2.32. The third-order valence-corrected chi connectivity index (χ3v) is 3.91. The van der Waals surface area contributed by atoms with Crippen LogP contribution < -0.4 is 5.43 Å². The molecule has 126 valence electrons. The molecule has 0 atom stereocenters. The van der Waals surface area contributed by atoms with Gasteiger partial charge in [-0.2, -0.15) is 23.4 Å². The molecular formula is C16H15F3N4O. The van der Waals surface area contributed by atoms with Crippen molar-refractivity contribution in [3.05, 3.63) is 52.3 Å². The number of nitrogens with one attached hydrogen (secondary N) is 2. The number of rotatable bonds is 3. The van der Waals surface area contributed by atoms with E-state index in [0.29, 0.717) is 0 Å². The molecule has 1 aromatic carbocycles. The summed E-state index contributed by atoms with van der Waals surface area (Å²) in [6.45, 7) is 0. The van der Waals surface area contributed by atoms with Crippen molar-refractivity contribution in [2.45, 2.75) is 31.9 Å². The molecule has 5 nitrogen and oxygen atoms in total. The number of benzene rings is 1. The summed E-state index contributed by atoms with van der Waals surface area (Å²) < 4.78 is 38.6. The molecule has 0 saturated carbocycles. The van der Waals surface area contributed by atoms with Crippen LogP contribution in [0.1, 0.15) is 45.7 Å². The molecule has 1 heterocycles. The van der Waals surface area contributed by atoms with Crippen LogP contribution in [0.15, 0.2) is 29.4 Å². The zero-order valence-electron chi connectivity index (χ0n) is 12.7. The first-order chi connectivity index (χ1) is 11.5. The molecule has 1 aromatic heterocycles. The standard InChI is InChI=1S/C16H15F3N4O/c17-16(18,19)12-7-3-1-5-10(12)9-20-23-15(24)14-11-6-2-4-8-13(11)21-22-14/h1,3,5,7,9H,2,4,6,8H2,(H,21,22)(H,23,24). The first-order valence-electron chi connectivity index (χ1n) is 7.52. The Bertz CT molecular complexity index is 780. The lowest BCUT2D eigenvalue weighted by Crippen LogP contribution is -2.20. The summed E-state index contributed by atoms with van der Waals surface area (Å²) in [5.41, 5.74) is 3.38. The van der Waals surface area contributed by atoms with Gasteiger partial charge in [0.15, 0.2) is 5.69 Å². The van der Waals surface area contributed by atoms with Gasteiger partial charge in [-0.3, -0.25) is 9.89 Å². The Balaban J connectivity index is 1.73. The van der Waals surface area contributed by atoms with Crippen molar-refractivity contribution >= 4 is 12.1 Å². The Morgan fingerprint density at radius 1 is 1.25 bits per heavy atom. The van der Waals surface area contributed by atoms with Gasteiger partial charge in [0.25, 0.3) is 5.91 Å². The van der Waals surface area contributed by atoms with E-state index in [1.54, 1.807) is 0 Å². The zero-order valence-corrected chi connectivity index (χ0v) is 12.7. The number of nitrogens with zero attached hydrogens (tertiary/aromatic N) is 2. The van der Waals surface area contributed by atoms with Gasteiger partial charge in [0, 0.05) is 16.8 Å². The SMILES string of the molecule is O=C(NN=Cc1ccccc1C(F)(F)F)c1n[nH]c2c1CCCC2. The number of aromatic amines is 1. The second-order valence-corrected chi connectivity index (χ2v) is 5.52. The number of alkyl halides is 3. The quantitative estimate of drug-likeness (QED) is 0.668. The third-order valence-electron chi connectivity index (χ3n) is 3.91. The van der Waals surface area contributed by atoms with Gasteiger partial charge < -0.3 is 0 Å². The number of carbonyl (C=O) groups is 1. The minimum absolute atomic E-state index is 0.116. The van der Waals surface area contributed by atoms with E-state index < -0.39 is 17.6 Å². The Morgan fingerprint density at radius 3 is 2.79 bits per heavy atom. The van der Waals surface area contributed by atoms with Crippen LogP contribution in [-0.4, -0.2) is 22.3 Å². The largest absolute Gasteiger partial charge is 0.417 e. The van der Waals surface area contributed by atoms with E-state index >= 15 is 0 Å². The van der Waals surface area contributed by atoms with Crippen molar-refractivity contribution in [2.24, 2.45) is 5.10 Å². The number of fused-ring (bicyclic) bond motifs is 1. The highest BCUT2D eigenvalue weighted by atomic mass is 19.4. The van der Waals surface area contributed by atoms with E-state index in [0.717, 1.165) is 49.2 Å². The zero-order chi connectivity index (χ0) is 17.2. The molecule has 1 aliphatic carbocycles. The van der Waals surface area contributed by atoms with Gasteiger partial charge in [0.1, 0.15) is 0 Å². The summed E-state index contributed by atoms with van der Waals surface area (Å²) in [4.78, 5) is 12.1. The summed E-state index contributed by atoms with van der Waals surface area (Å²) >= 11 is 0. The van der Waals surface area contributed by atoms with Gasteiger partial charge in [-0.15, -0.1) is 0 Å². The van der Waals surface area contributed by atoms with Gasteiger partial charge in [0.05, 0.1) is 11.8 Å². The van der Waals surface area contributed by atoms with E-state index in [4.69, 9.17) is 0 Å². The number of hydrazone groups is 1. The summed E-state index contributed by atoms with van der Waals surface area (Å²) in [7, 11) is 0. The van der Waals surface area contributed by atoms with E-state index in [1.807, 2.05) is 0 Å². The van der Waals surface area contributed by atoms with Crippen molar-refractivity contribution in [3.8, 4) is 0 Å². The van der Waals surface area contributed by atoms with Crippen LogP contribution in [0.3, 0.4) is 0 Å². The van der Waals surface area contributed by atoms with Gasteiger partial charge in [0.2, 0.25) is 0 Å². The maximum Gasteiger partial charge on any atom is 0.417 e. The second kappa shape index (κ2) is 6.46. The molecule has 0 spiro atoms. The first kappa shape index (κ1) is 16.2. The van der Waals surface area contributed by atoms with Crippen LogP contribution in [0.25, 0.3) is 0 Å². The number of carbonyl (C=O) groups excluding carboxylic acids is 1.